The Labute approximate surface area is 145 Å². The van der Waals surface area contributed by atoms with Crippen LogP contribution >= 0.6 is 23.2 Å². The Morgan fingerprint density at radius 2 is 1.91 bits per heavy atom. The molecule has 0 atom stereocenters. The Kier molecular flexibility index (Phi) is 5.44. The summed E-state index contributed by atoms with van der Waals surface area (Å²) in [4.78, 5) is 14.3. The fraction of sp³-hybridized carbons (Fsp3) is 0.562. The lowest BCUT2D eigenvalue weighted by molar-refractivity contribution is -0.185. The minimum absolute atomic E-state index is 0.0529. The molecule has 7 heteroatoms. The summed E-state index contributed by atoms with van der Waals surface area (Å²) in [5.41, 5.74) is 0.589. The van der Waals surface area contributed by atoms with Gasteiger partial charge in [0.05, 0.1) is 23.9 Å². The molecule has 0 aromatic heterocycles. The number of likely N-dealkylation sites (tertiary alicyclic amines) is 1. The molecule has 1 spiro atoms. The molecule has 2 fully saturated rings. The molecule has 2 aliphatic rings. The van der Waals surface area contributed by atoms with Crippen molar-refractivity contribution in [1.29, 1.82) is 0 Å². The minimum atomic E-state index is -0.365. The summed E-state index contributed by atoms with van der Waals surface area (Å²) in [7, 11) is 0. The third-order valence-electron chi connectivity index (χ3n) is 4.29. The molecule has 0 radical (unpaired) electrons. The quantitative estimate of drug-likeness (QED) is 0.897. The number of hydrogen-bond donors (Lipinski definition) is 1. The number of nitrogens with one attached hydrogen (secondary N) is 1. The summed E-state index contributed by atoms with van der Waals surface area (Å²) >= 11 is 11.9. The Morgan fingerprint density at radius 1 is 1.22 bits per heavy atom. The summed E-state index contributed by atoms with van der Waals surface area (Å²) in [6, 6.07) is 5.03. The van der Waals surface area contributed by atoms with E-state index in [4.69, 9.17) is 32.7 Å². The zero-order chi connectivity index (χ0) is 16.3. The number of rotatable bonds is 4. The molecule has 0 unspecified atom stereocenters. The van der Waals surface area contributed by atoms with Gasteiger partial charge in [0.15, 0.2) is 5.79 Å². The highest BCUT2D eigenvalue weighted by Gasteiger charge is 2.39. The molecule has 1 aromatic rings. The molecular formula is C16H20Cl2N2O3. The number of carbonyl (C=O) groups is 1. The SMILES string of the molecule is O=C(CCN1CCC2(CC1)OCCO2)Nc1ccc(Cl)cc1Cl. The first kappa shape index (κ1) is 17.0. The Bertz CT molecular complexity index is 566. The molecule has 126 valence electrons. The van der Waals surface area contributed by atoms with Gasteiger partial charge in [-0.05, 0) is 18.2 Å². The number of ether oxygens (including phenoxy) is 2. The molecule has 0 bridgehead atoms. The molecule has 2 saturated heterocycles. The fourth-order valence-corrected chi connectivity index (χ4v) is 3.42. The monoisotopic (exact) mass is 358 g/mol. The van der Waals surface area contributed by atoms with E-state index in [1.807, 2.05) is 0 Å². The first-order valence-corrected chi connectivity index (χ1v) is 8.57. The van der Waals surface area contributed by atoms with Crippen molar-refractivity contribution in [2.24, 2.45) is 0 Å². The normalized spacial score (nSPS) is 20.8. The van der Waals surface area contributed by atoms with Crippen LogP contribution < -0.4 is 5.32 Å². The van der Waals surface area contributed by atoms with Crippen LogP contribution in [-0.2, 0) is 14.3 Å². The van der Waals surface area contributed by atoms with Crippen LogP contribution in [0.15, 0.2) is 18.2 Å². The van der Waals surface area contributed by atoms with Crippen molar-refractivity contribution in [2.75, 3.05) is 38.2 Å². The van der Waals surface area contributed by atoms with Gasteiger partial charge in [-0.15, -0.1) is 0 Å². The summed E-state index contributed by atoms with van der Waals surface area (Å²) < 4.78 is 11.4. The third kappa shape index (κ3) is 4.37. The lowest BCUT2D eigenvalue weighted by Crippen LogP contribution is -2.45. The smallest absolute Gasteiger partial charge is 0.225 e. The number of hydrogen-bond acceptors (Lipinski definition) is 4. The molecule has 2 aliphatic heterocycles. The van der Waals surface area contributed by atoms with Crippen molar-refractivity contribution in [2.45, 2.75) is 25.0 Å². The van der Waals surface area contributed by atoms with Gasteiger partial charge < -0.3 is 19.7 Å². The van der Waals surface area contributed by atoms with E-state index in [9.17, 15) is 4.79 Å². The van der Waals surface area contributed by atoms with E-state index in [1.54, 1.807) is 18.2 Å². The topological polar surface area (TPSA) is 50.8 Å². The average Bonchev–Trinajstić information content (AvgIpc) is 2.98. The van der Waals surface area contributed by atoms with Gasteiger partial charge in [0.1, 0.15) is 0 Å². The number of halogens is 2. The third-order valence-corrected chi connectivity index (χ3v) is 4.84. The highest BCUT2D eigenvalue weighted by molar-refractivity contribution is 6.36. The maximum atomic E-state index is 12.1. The van der Waals surface area contributed by atoms with Crippen molar-refractivity contribution in [1.82, 2.24) is 4.90 Å². The largest absolute Gasteiger partial charge is 0.347 e. The maximum Gasteiger partial charge on any atom is 0.225 e. The molecule has 0 aliphatic carbocycles. The molecule has 1 amide bonds. The second-order valence-electron chi connectivity index (χ2n) is 5.87. The van der Waals surface area contributed by atoms with E-state index in [-0.39, 0.29) is 11.7 Å². The predicted octanol–water partition coefficient (Wildman–Crippen LogP) is 3.16. The van der Waals surface area contributed by atoms with Gasteiger partial charge in [-0.2, -0.15) is 0 Å². The van der Waals surface area contributed by atoms with Gasteiger partial charge in [-0.3, -0.25) is 4.79 Å². The predicted molar refractivity (Wildman–Crippen MR) is 90.0 cm³/mol. The van der Waals surface area contributed by atoms with E-state index in [0.29, 0.717) is 41.9 Å². The van der Waals surface area contributed by atoms with Crippen molar-refractivity contribution < 1.29 is 14.3 Å². The Morgan fingerprint density at radius 3 is 2.57 bits per heavy atom. The summed E-state index contributed by atoms with van der Waals surface area (Å²) in [5.74, 6) is -0.418. The van der Waals surface area contributed by atoms with Gasteiger partial charge in [0.2, 0.25) is 5.91 Å². The van der Waals surface area contributed by atoms with Crippen LogP contribution in [0.3, 0.4) is 0 Å². The molecular weight excluding hydrogens is 339 g/mol. The molecule has 2 heterocycles. The van der Waals surface area contributed by atoms with Crippen LogP contribution in [0.1, 0.15) is 19.3 Å². The molecule has 0 saturated carbocycles. The number of benzene rings is 1. The second kappa shape index (κ2) is 7.36. The Balaban J connectivity index is 1.43. The molecule has 3 rings (SSSR count). The van der Waals surface area contributed by atoms with Crippen molar-refractivity contribution in [3.05, 3.63) is 28.2 Å². The van der Waals surface area contributed by atoms with Crippen LogP contribution in [0.4, 0.5) is 5.69 Å². The van der Waals surface area contributed by atoms with Crippen molar-refractivity contribution >= 4 is 34.8 Å². The first-order valence-electron chi connectivity index (χ1n) is 7.82. The van der Waals surface area contributed by atoms with Gasteiger partial charge in [-0.25, -0.2) is 0 Å². The van der Waals surface area contributed by atoms with Crippen molar-refractivity contribution in [3.63, 3.8) is 0 Å². The van der Waals surface area contributed by atoms with Crippen LogP contribution in [0.25, 0.3) is 0 Å². The van der Waals surface area contributed by atoms with Crippen molar-refractivity contribution in [3.8, 4) is 0 Å². The number of piperidine rings is 1. The molecule has 1 N–H and O–H groups in total. The summed E-state index contributed by atoms with van der Waals surface area (Å²) in [5, 5.41) is 3.81. The van der Waals surface area contributed by atoms with Gasteiger partial charge in [0.25, 0.3) is 0 Å². The van der Waals surface area contributed by atoms with Crippen LogP contribution in [-0.4, -0.2) is 49.4 Å². The van der Waals surface area contributed by atoms with E-state index in [1.165, 1.54) is 0 Å². The number of carbonyl (C=O) groups excluding carboxylic acids is 1. The fourth-order valence-electron chi connectivity index (χ4n) is 2.97. The molecule has 23 heavy (non-hydrogen) atoms. The number of amides is 1. The van der Waals surface area contributed by atoms with E-state index in [0.717, 1.165) is 25.9 Å². The first-order chi connectivity index (χ1) is 11.1. The number of anilines is 1. The maximum absolute atomic E-state index is 12.1. The molecule has 1 aromatic carbocycles. The number of nitrogens with zero attached hydrogens (tertiary/aromatic N) is 1. The highest BCUT2D eigenvalue weighted by atomic mass is 35.5. The lowest BCUT2D eigenvalue weighted by Gasteiger charge is -2.37. The lowest BCUT2D eigenvalue weighted by atomic mass is 10.0. The average molecular weight is 359 g/mol. The van der Waals surface area contributed by atoms with Gasteiger partial charge in [0, 0.05) is 43.9 Å². The van der Waals surface area contributed by atoms with Gasteiger partial charge in [-0.1, -0.05) is 23.2 Å². The van der Waals surface area contributed by atoms with E-state index >= 15 is 0 Å². The zero-order valence-electron chi connectivity index (χ0n) is 12.8. The highest BCUT2D eigenvalue weighted by Crippen LogP contribution is 2.31. The summed E-state index contributed by atoms with van der Waals surface area (Å²) in [6.45, 7) is 3.85. The summed E-state index contributed by atoms with van der Waals surface area (Å²) in [6.07, 6.45) is 2.14. The van der Waals surface area contributed by atoms with Crippen LogP contribution in [0, 0.1) is 0 Å². The Hall–Kier alpha value is -0.850. The minimum Gasteiger partial charge on any atom is -0.347 e. The van der Waals surface area contributed by atoms with E-state index < -0.39 is 0 Å². The van der Waals surface area contributed by atoms with E-state index in [2.05, 4.69) is 10.2 Å². The standard InChI is InChI=1S/C16H20Cl2N2O3/c17-12-1-2-14(13(18)11-12)19-15(21)3-6-20-7-4-16(5-8-20)22-9-10-23-16/h1-2,11H,3-10H2,(H,19,21). The second-order valence-corrected chi connectivity index (χ2v) is 6.72. The van der Waals surface area contributed by atoms with Crippen LogP contribution in [0.2, 0.25) is 10.0 Å². The zero-order valence-corrected chi connectivity index (χ0v) is 14.3. The van der Waals surface area contributed by atoms with Gasteiger partial charge >= 0.3 is 0 Å². The van der Waals surface area contributed by atoms with Crippen LogP contribution in [0.5, 0.6) is 0 Å². The molecule has 5 nitrogen and oxygen atoms in total.